The molecule has 0 aromatic carbocycles. The number of carboxylic acid groups (broad SMARTS) is 2. The molecule has 7 N–H and O–H groups in total. The third-order valence-electron chi connectivity index (χ3n) is 1.57. The van der Waals surface area contributed by atoms with Gasteiger partial charge in [0.1, 0.15) is 5.69 Å². The van der Waals surface area contributed by atoms with Gasteiger partial charge in [-0.15, -0.1) is 0 Å². The van der Waals surface area contributed by atoms with Crippen molar-refractivity contribution in [2.75, 3.05) is 0 Å². The van der Waals surface area contributed by atoms with E-state index < -0.39 is 11.9 Å². The SMILES string of the molecule is O.O.O.O=C([O-])C(=O)[O-].[Cu+2].c1ccc(-c2ncc[nH]2)nc1. The standard InChI is InChI=1S/C8H7N3.C2H2O4.Cu.3H2O/c1-2-4-9-7(3-1)8-10-5-6-11-8;3-1(4)2(5)6;;;;/h1-6H,(H,10,11);(H,3,4)(H,5,6);;3*1H2/q;;+2;;;/p-2. The summed E-state index contributed by atoms with van der Waals surface area (Å²) in [4.78, 5) is 29.0. The number of aromatic nitrogens is 3. The molecule has 0 atom stereocenters. The third-order valence-corrected chi connectivity index (χ3v) is 1.57. The van der Waals surface area contributed by atoms with Crippen LogP contribution < -0.4 is 10.2 Å². The zero-order valence-corrected chi connectivity index (χ0v) is 11.2. The van der Waals surface area contributed by atoms with E-state index in [4.69, 9.17) is 19.8 Å². The molecule has 1 radical (unpaired) electrons. The van der Waals surface area contributed by atoms with Crippen LogP contribution in [0.3, 0.4) is 0 Å². The molecule has 0 bridgehead atoms. The van der Waals surface area contributed by atoms with Gasteiger partial charge in [-0.05, 0) is 12.1 Å². The average Bonchev–Trinajstić information content (AvgIpc) is 2.84. The minimum atomic E-state index is -2.19. The molecule has 0 amide bonds. The summed E-state index contributed by atoms with van der Waals surface area (Å²) in [6.45, 7) is 0. The second-order valence-electron chi connectivity index (χ2n) is 2.73. The quantitative estimate of drug-likeness (QED) is 0.394. The van der Waals surface area contributed by atoms with Crippen LogP contribution in [0.2, 0.25) is 0 Å². The van der Waals surface area contributed by atoms with Gasteiger partial charge in [-0.2, -0.15) is 0 Å². The van der Waals surface area contributed by atoms with Crippen LogP contribution in [-0.2, 0) is 26.7 Å². The van der Waals surface area contributed by atoms with E-state index in [1.54, 1.807) is 18.6 Å². The van der Waals surface area contributed by atoms with E-state index in [2.05, 4.69) is 15.0 Å². The monoisotopic (exact) mass is 350 g/mol. The molecule has 0 aliphatic carbocycles. The van der Waals surface area contributed by atoms with Gasteiger partial charge in [0.25, 0.3) is 0 Å². The van der Waals surface area contributed by atoms with Gasteiger partial charge in [-0.25, -0.2) is 4.98 Å². The van der Waals surface area contributed by atoms with Gasteiger partial charge in [0.2, 0.25) is 0 Å². The minimum Gasteiger partial charge on any atom is -0.543 e. The van der Waals surface area contributed by atoms with Gasteiger partial charge in [-0.1, -0.05) is 6.07 Å². The van der Waals surface area contributed by atoms with Crippen molar-refractivity contribution < 1.29 is 53.3 Å². The van der Waals surface area contributed by atoms with Gasteiger partial charge in [-0.3, -0.25) is 4.98 Å². The predicted molar refractivity (Wildman–Crippen MR) is 62.7 cm³/mol. The number of carbonyl (C=O) groups excluding carboxylic acids is 2. The smallest absolute Gasteiger partial charge is 0.543 e. The Morgan fingerprint density at radius 1 is 0.952 bits per heavy atom. The van der Waals surface area contributed by atoms with Crippen molar-refractivity contribution in [2.24, 2.45) is 0 Å². The Bertz CT molecular complexity index is 481. The fourth-order valence-electron chi connectivity index (χ4n) is 0.908. The number of hydrogen-bond donors (Lipinski definition) is 1. The van der Waals surface area contributed by atoms with Gasteiger partial charge in [0, 0.05) is 18.6 Å². The van der Waals surface area contributed by atoms with E-state index in [0.29, 0.717) is 0 Å². The molecule has 0 aliphatic heterocycles. The van der Waals surface area contributed by atoms with E-state index in [-0.39, 0.29) is 33.5 Å². The Labute approximate surface area is 129 Å². The number of pyridine rings is 1. The van der Waals surface area contributed by atoms with E-state index in [1.807, 2.05) is 18.2 Å². The maximum Gasteiger partial charge on any atom is 2.00 e. The molecule has 0 saturated heterocycles. The fourth-order valence-corrected chi connectivity index (χ4v) is 0.908. The number of imidazole rings is 1. The number of H-pyrrole nitrogens is 1. The normalized spacial score (nSPS) is 7.24. The molecule has 0 spiro atoms. The molecule has 121 valence electrons. The van der Waals surface area contributed by atoms with Crippen LogP contribution in [0.1, 0.15) is 0 Å². The molecule has 2 aromatic rings. The Kier molecular flexibility index (Phi) is 18.2. The first-order valence-corrected chi connectivity index (χ1v) is 4.44. The van der Waals surface area contributed by atoms with Crippen molar-refractivity contribution in [1.29, 1.82) is 0 Å². The van der Waals surface area contributed by atoms with Gasteiger partial charge in [0.15, 0.2) is 5.82 Å². The minimum absolute atomic E-state index is 0. The molecule has 2 aromatic heterocycles. The molecule has 10 nitrogen and oxygen atoms in total. The van der Waals surface area contributed by atoms with Gasteiger partial charge >= 0.3 is 17.1 Å². The molecule has 11 heteroatoms. The second kappa shape index (κ2) is 14.1. The summed E-state index contributed by atoms with van der Waals surface area (Å²) < 4.78 is 0. The van der Waals surface area contributed by atoms with E-state index in [9.17, 15) is 0 Å². The summed E-state index contributed by atoms with van der Waals surface area (Å²) in [6.07, 6.45) is 5.24. The molecule has 21 heavy (non-hydrogen) atoms. The molecular formula is C10H13CuN3O7. The number of carbonyl (C=O) groups is 2. The Morgan fingerprint density at radius 2 is 1.52 bits per heavy atom. The summed E-state index contributed by atoms with van der Waals surface area (Å²) >= 11 is 0. The zero-order chi connectivity index (χ0) is 12.7. The summed E-state index contributed by atoms with van der Waals surface area (Å²) in [5.41, 5.74) is 0.873. The molecule has 2 heterocycles. The van der Waals surface area contributed by atoms with Crippen LogP contribution in [0.15, 0.2) is 36.8 Å². The van der Waals surface area contributed by atoms with Crippen LogP contribution >= 0.6 is 0 Å². The van der Waals surface area contributed by atoms with E-state index in [0.717, 1.165) is 11.5 Å². The van der Waals surface area contributed by atoms with Crippen LogP contribution in [0, 0.1) is 0 Å². The van der Waals surface area contributed by atoms with Crippen molar-refractivity contribution in [2.45, 2.75) is 0 Å². The Hall–Kier alpha value is -2.30. The number of nitrogens with zero attached hydrogens (tertiary/aromatic N) is 2. The fraction of sp³-hybridized carbons (Fsp3) is 0. The van der Waals surface area contributed by atoms with Crippen LogP contribution in [0.25, 0.3) is 11.5 Å². The topological polar surface area (TPSA) is 216 Å². The Morgan fingerprint density at radius 3 is 1.86 bits per heavy atom. The van der Waals surface area contributed by atoms with Crippen molar-refractivity contribution in [1.82, 2.24) is 15.0 Å². The molecule has 2 rings (SSSR count). The molecular weight excluding hydrogens is 338 g/mol. The number of rotatable bonds is 1. The van der Waals surface area contributed by atoms with E-state index in [1.165, 1.54) is 0 Å². The second-order valence-corrected chi connectivity index (χ2v) is 2.73. The number of carboxylic acids is 2. The first-order valence-electron chi connectivity index (χ1n) is 4.44. The van der Waals surface area contributed by atoms with Crippen molar-refractivity contribution in [3.05, 3.63) is 36.8 Å². The number of aliphatic carboxylic acids is 2. The van der Waals surface area contributed by atoms with Gasteiger partial charge in [0.05, 0.1) is 11.9 Å². The largest absolute Gasteiger partial charge is 2.00 e. The van der Waals surface area contributed by atoms with Gasteiger partial charge < -0.3 is 41.2 Å². The average molecular weight is 351 g/mol. The maximum atomic E-state index is 8.93. The van der Waals surface area contributed by atoms with Crippen molar-refractivity contribution >= 4 is 11.9 Å². The van der Waals surface area contributed by atoms with Crippen molar-refractivity contribution in [3.63, 3.8) is 0 Å². The third kappa shape index (κ3) is 10.2. The summed E-state index contributed by atoms with van der Waals surface area (Å²) in [7, 11) is 0. The van der Waals surface area contributed by atoms with Crippen molar-refractivity contribution in [3.8, 4) is 11.5 Å². The number of aromatic amines is 1. The summed E-state index contributed by atoms with van der Waals surface area (Å²) in [6, 6.07) is 5.73. The number of nitrogens with one attached hydrogen (secondary N) is 1. The first-order chi connectivity index (χ1) is 8.11. The zero-order valence-electron chi connectivity index (χ0n) is 10.3. The maximum absolute atomic E-state index is 8.93. The first kappa shape index (κ1) is 27.1. The summed E-state index contributed by atoms with van der Waals surface area (Å²) in [5, 5.41) is 17.9. The summed E-state index contributed by atoms with van der Waals surface area (Å²) in [5.74, 6) is -3.56. The number of hydrogen-bond acceptors (Lipinski definition) is 6. The molecule has 0 unspecified atom stereocenters. The van der Waals surface area contributed by atoms with Crippen LogP contribution in [0.4, 0.5) is 0 Å². The molecule has 0 aliphatic rings. The molecule has 0 saturated carbocycles. The van der Waals surface area contributed by atoms with Crippen LogP contribution in [-0.4, -0.2) is 43.3 Å². The van der Waals surface area contributed by atoms with E-state index >= 15 is 0 Å². The van der Waals surface area contributed by atoms with Crippen LogP contribution in [0.5, 0.6) is 0 Å². The predicted octanol–water partition coefficient (Wildman–Crippen LogP) is -4.52. The Balaban J connectivity index is -0.000000130. The molecule has 0 fully saturated rings.